The SMILES string of the molecule is CN(C)CCN(Cc1ccccc1Cl)C(=O)CCc1cccc2c1CCN(C(=O)OC(C)(C)C)C2. The molecule has 3 rings (SSSR count). The molecule has 0 bridgehead atoms. The van der Waals surface area contributed by atoms with Gasteiger partial charge in [0.1, 0.15) is 5.60 Å². The molecule has 1 aliphatic heterocycles. The molecular weight excluding hydrogens is 462 g/mol. The van der Waals surface area contributed by atoms with E-state index >= 15 is 0 Å². The molecule has 190 valence electrons. The molecule has 35 heavy (non-hydrogen) atoms. The fraction of sp³-hybridized carbons (Fsp3) is 0.500. The maximum atomic E-state index is 13.3. The van der Waals surface area contributed by atoms with E-state index in [4.69, 9.17) is 16.3 Å². The van der Waals surface area contributed by atoms with Gasteiger partial charge in [0, 0.05) is 44.2 Å². The lowest BCUT2D eigenvalue weighted by Crippen LogP contribution is -2.40. The Morgan fingerprint density at radius 2 is 1.74 bits per heavy atom. The van der Waals surface area contributed by atoms with Gasteiger partial charge in [-0.05, 0) is 76.0 Å². The van der Waals surface area contributed by atoms with Crippen LogP contribution in [0.15, 0.2) is 42.5 Å². The summed E-state index contributed by atoms with van der Waals surface area (Å²) in [5.74, 6) is 0.121. The lowest BCUT2D eigenvalue weighted by Gasteiger charge is -2.32. The Morgan fingerprint density at radius 1 is 1.03 bits per heavy atom. The molecular formula is C28H38ClN3O3. The first-order chi connectivity index (χ1) is 16.5. The third kappa shape index (κ3) is 7.97. The molecule has 0 atom stereocenters. The zero-order chi connectivity index (χ0) is 25.6. The number of carbonyl (C=O) groups excluding carboxylic acids is 2. The molecule has 1 aliphatic rings. The average Bonchev–Trinajstić information content (AvgIpc) is 2.79. The van der Waals surface area contributed by atoms with Crippen molar-refractivity contribution in [1.29, 1.82) is 0 Å². The number of rotatable bonds is 8. The van der Waals surface area contributed by atoms with Gasteiger partial charge in [0.2, 0.25) is 5.91 Å². The molecule has 0 spiro atoms. The summed E-state index contributed by atoms with van der Waals surface area (Å²) < 4.78 is 5.55. The van der Waals surface area contributed by atoms with Gasteiger partial charge in [-0.1, -0.05) is 48.0 Å². The Morgan fingerprint density at radius 3 is 2.43 bits per heavy atom. The van der Waals surface area contributed by atoms with Crippen LogP contribution in [0.4, 0.5) is 4.79 Å². The molecule has 0 aromatic heterocycles. The summed E-state index contributed by atoms with van der Waals surface area (Å²) in [5, 5.41) is 0.682. The minimum absolute atomic E-state index is 0.121. The van der Waals surface area contributed by atoms with Crippen LogP contribution < -0.4 is 0 Å². The first-order valence-corrected chi connectivity index (χ1v) is 12.6. The van der Waals surface area contributed by atoms with E-state index < -0.39 is 5.60 Å². The van der Waals surface area contributed by atoms with Gasteiger partial charge in [-0.25, -0.2) is 4.79 Å². The van der Waals surface area contributed by atoms with Crippen molar-refractivity contribution in [3.05, 3.63) is 69.7 Å². The van der Waals surface area contributed by atoms with Gasteiger partial charge in [0.25, 0.3) is 0 Å². The van der Waals surface area contributed by atoms with Gasteiger partial charge < -0.3 is 19.4 Å². The third-order valence-corrected chi connectivity index (χ3v) is 6.48. The fourth-order valence-corrected chi connectivity index (χ4v) is 4.45. The van der Waals surface area contributed by atoms with Gasteiger partial charge in [0.15, 0.2) is 0 Å². The molecule has 0 unspecified atom stereocenters. The number of benzene rings is 2. The number of amides is 2. The van der Waals surface area contributed by atoms with Crippen LogP contribution in [0.2, 0.25) is 5.02 Å². The van der Waals surface area contributed by atoms with Crippen molar-refractivity contribution in [2.75, 3.05) is 33.7 Å². The summed E-state index contributed by atoms with van der Waals surface area (Å²) in [6, 6.07) is 13.9. The minimum atomic E-state index is -0.512. The van der Waals surface area contributed by atoms with Crippen LogP contribution in [0.25, 0.3) is 0 Å². The van der Waals surface area contributed by atoms with Crippen molar-refractivity contribution in [3.8, 4) is 0 Å². The smallest absolute Gasteiger partial charge is 0.410 e. The zero-order valence-corrected chi connectivity index (χ0v) is 22.4. The molecule has 0 aliphatic carbocycles. The van der Waals surface area contributed by atoms with E-state index in [1.807, 2.05) is 70.1 Å². The maximum Gasteiger partial charge on any atom is 0.410 e. The molecule has 2 amide bonds. The molecule has 0 fully saturated rings. The number of likely N-dealkylation sites (N-methyl/N-ethyl adjacent to an activating group) is 1. The molecule has 1 heterocycles. The highest BCUT2D eigenvalue weighted by molar-refractivity contribution is 6.31. The van der Waals surface area contributed by atoms with Crippen molar-refractivity contribution < 1.29 is 14.3 Å². The molecule has 2 aromatic rings. The minimum Gasteiger partial charge on any atom is -0.444 e. The van der Waals surface area contributed by atoms with E-state index in [9.17, 15) is 9.59 Å². The Labute approximate surface area is 214 Å². The fourth-order valence-electron chi connectivity index (χ4n) is 4.25. The van der Waals surface area contributed by atoms with E-state index in [1.54, 1.807) is 4.90 Å². The number of hydrogen-bond acceptors (Lipinski definition) is 4. The normalized spacial score (nSPS) is 13.5. The van der Waals surface area contributed by atoms with Gasteiger partial charge in [-0.15, -0.1) is 0 Å². The Hall–Kier alpha value is -2.57. The van der Waals surface area contributed by atoms with E-state index in [0.29, 0.717) is 44.0 Å². The Bertz CT molecular complexity index is 1030. The quantitative estimate of drug-likeness (QED) is 0.503. The molecule has 2 aromatic carbocycles. The largest absolute Gasteiger partial charge is 0.444 e. The monoisotopic (exact) mass is 499 g/mol. The number of fused-ring (bicyclic) bond motifs is 1. The van der Waals surface area contributed by atoms with E-state index in [1.165, 1.54) is 11.1 Å². The number of nitrogens with zero attached hydrogens (tertiary/aromatic N) is 3. The summed E-state index contributed by atoms with van der Waals surface area (Å²) in [5.41, 5.74) is 4.02. The molecule has 0 saturated heterocycles. The highest BCUT2D eigenvalue weighted by Crippen LogP contribution is 2.25. The van der Waals surface area contributed by atoms with Crippen LogP contribution in [-0.4, -0.2) is 66.0 Å². The van der Waals surface area contributed by atoms with Crippen LogP contribution in [0, 0.1) is 0 Å². The van der Waals surface area contributed by atoms with Crippen molar-refractivity contribution in [3.63, 3.8) is 0 Å². The summed E-state index contributed by atoms with van der Waals surface area (Å²) in [4.78, 5) is 31.5. The highest BCUT2D eigenvalue weighted by atomic mass is 35.5. The molecule has 0 radical (unpaired) electrons. The van der Waals surface area contributed by atoms with Gasteiger partial charge in [0.05, 0.1) is 0 Å². The first kappa shape index (κ1) is 27.0. The number of carbonyl (C=O) groups is 2. The van der Waals surface area contributed by atoms with Crippen LogP contribution in [0.5, 0.6) is 0 Å². The highest BCUT2D eigenvalue weighted by Gasteiger charge is 2.27. The van der Waals surface area contributed by atoms with Crippen molar-refractivity contribution >= 4 is 23.6 Å². The number of halogens is 1. The summed E-state index contributed by atoms with van der Waals surface area (Å²) in [6.45, 7) is 8.74. The van der Waals surface area contributed by atoms with Gasteiger partial charge in [-0.3, -0.25) is 4.79 Å². The lowest BCUT2D eigenvalue weighted by atomic mass is 9.92. The van der Waals surface area contributed by atoms with Crippen LogP contribution in [-0.2, 0) is 35.5 Å². The summed E-state index contributed by atoms with van der Waals surface area (Å²) in [7, 11) is 4.02. The van der Waals surface area contributed by atoms with Crippen molar-refractivity contribution in [2.24, 2.45) is 0 Å². The first-order valence-electron chi connectivity index (χ1n) is 12.3. The van der Waals surface area contributed by atoms with Crippen LogP contribution >= 0.6 is 11.6 Å². The Balaban J connectivity index is 1.67. The third-order valence-electron chi connectivity index (χ3n) is 6.11. The predicted molar refractivity (Wildman–Crippen MR) is 141 cm³/mol. The molecule has 0 N–H and O–H groups in total. The summed E-state index contributed by atoms with van der Waals surface area (Å²) in [6.07, 6.45) is 1.60. The van der Waals surface area contributed by atoms with Gasteiger partial charge in [-0.2, -0.15) is 0 Å². The standard InChI is InChI=1S/C28H38ClN3O3/c1-28(2,3)35-27(34)32-16-15-24-21(10-8-11-22(24)19-32)13-14-26(33)31(18-17-30(4)5)20-23-9-6-7-12-25(23)29/h6-12H,13-20H2,1-5H3. The second-order valence-corrected chi connectivity index (χ2v) is 10.8. The van der Waals surface area contributed by atoms with Crippen LogP contribution in [0.1, 0.15) is 49.4 Å². The van der Waals surface area contributed by atoms with Crippen molar-refractivity contribution in [1.82, 2.24) is 14.7 Å². The average molecular weight is 500 g/mol. The Kier molecular flexibility index (Phi) is 9.20. The van der Waals surface area contributed by atoms with Gasteiger partial charge >= 0.3 is 6.09 Å². The van der Waals surface area contributed by atoms with E-state index in [-0.39, 0.29) is 12.0 Å². The maximum absolute atomic E-state index is 13.3. The van der Waals surface area contributed by atoms with Crippen LogP contribution in [0.3, 0.4) is 0 Å². The summed E-state index contributed by atoms with van der Waals surface area (Å²) >= 11 is 6.37. The zero-order valence-electron chi connectivity index (χ0n) is 21.6. The molecule has 0 saturated carbocycles. The second-order valence-electron chi connectivity index (χ2n) is 10.4. The van der Waals surface area contributed by atoms with Crippen molar-refractivity contribution in [2.45, 2.75) is 58.7 Å². The number of ether oxygens (including phenoxy) is 1. The van der Waals surface area contributed by atoms with E-state index in [0.717, 1.165) is 24.1 Å². The molecule has 7 heteroatoms. The lowest BCUT2D eigenvalue weighted by molar-refractivity contribution is -0.132. The topological polar surface area (TPSA) is 53.1 Å². The number of hydrogen-bond donors (Lipinski definition) is 0. The number of aryl methyl sites for hydroxylation is 1. The molecule has 6 nitrogen and oxygen atoms in total. The second kappa shape index (κ2) is 11.9. The van der Waals surface area contributed by atoms with E-state index in [2.05, 4.69) is 17.0 Å². The predicted octanol–water partition coefficient (Wildman–Crippen LogP) is 5.16.